The van der Waals surface area contributed by atoms with E-state index in [0.717, 1.165) is 16.5 Å². The Labute approximate surface area is 194 Å². The smallest absolute Gasteiger partial charge is 0.241 e. The Bertz CT molecular complexity index is 1500. The summed E-state index contributed by atoms with van der Waals surface area (Å²) in [7, 11) is -7.32. The molecule has 0 aliphatic rings. The van der Waals surface area contributed by atoms with Crippen molar-refractivity contribution in [3.8, 4) is 0 Å². The first kappa shape index (κ1) is 23.0. The minimum Gasteiger partial charge on any atom is -0.241 e. The summed E-state index contributed by atoms with van der Waals surface area (Å²) in [4.78, 5) is 0.439. The second kappa shape index (κ2) is 9.35. The third-order valence-electron chi connectivity index (χ3n) is 5.29. The number of benzene rings is 3. The summed E-state index contributed by atoms with van der Waals surface area (Å²) in [6.07, 6.45) is 5.65. The quantitative estimate of drug-likeness (QED) is 0.382. The van der Waals surface area contributed by atoms with E-state index in [1.54, 1.807) is 79.0 Å². The van der Waals surface area contributed by atoms with Crippen LogP contribution in [-0.4, -0.2) is 27.4 Å². The zero-order chi connectivity index (χ0) is 23.5. The first-order chi connectivity index (χ1) is 15.8. The van der Waals surface area contributed by atoms with Gasteiger partial charge in [-0.25, -0.2) is 25.5 Å². The van der Waals surface area contributed by atoms with E-state index in [0.29, 0.717) is 11.9 Å². The Hall–Kier alpha value is -3.20. The molecule has 0 bridgehead atoms. The van der Waals surface area contributed by atoms with E-state index in [9.17, 15) is 16.8 Å². The van der Waals surface area contributed by atoms with Crippen LogP contribution in [0.3, 0.4) is 0 Å². The average molecular weight is 481 g/mol. The lowest BCUT2D eigenvalue weighted by atomic mass is 10.1. The number of aromatic nitrogens is 1. The second-order valence-electron chi connectivity index (χ2n) is 7.63. The molecule has 170 valence electrons. The Kier molecular flexibility index (Phi) is 6.51. The van der Waals surface area contributed by atoms with Crippen molar-refractivity contribution in [2.75, 3.05) is 6.54 Å². The fourth-order valence-corrected chi connectivity index (χ4v) is 5.93. The van der Waals surface area contributed by atoms with E-state index < -0.39 is 20.0 Å². The molecular weight excluding hydrogens is 456 g/mol. The predicted molar refractivity (Wildman–Crippen MR) is 130 cm³/mol. The molecule has 0 amide bonds. The maximum atomic E-state index is 13.2. The van der Waals surface area contributed by atoms with Crippen LogP contribution < -0.4 is 4.72 Å². The molecule has 3 aromatic carbocycles. The van der Waals surface area contributed by atoms with Crippen LogP contribution in [0, 0.1) is 6.92 Å². The molecule has 1 aromatic heterocycles. The lowest BCUT2D eigenvalue weighted by Gasteiger charge is -2.07. The standard InChI is InChI=1S/C25H24N2O4S2/c1-20-14-16-22(17-15-20)32(28,29)26-18-8-7-9-21-19-27(25-13-6-5-12-24(21)25)33(30,31)23-10-3-2-4-11-23/h2-8,10-17,19,26H,9,18H2,1H3/b8-7-. The highest BCUT2D eigenvalue weighted by Gasteiger charge is 2.20. The van der Waals surface area contributed by atoms with Crippen LogP contribution in [0.5, 0.6) is 0 Å². The number of fused-ring (bicyclic) bond motifs is 1. The van der Waals surface area contributed by atoms with E-state index in [1.807, 2.05) is 25.1 Å². The third kappa shape index (κ3) is 4.93. The van der Waals surface area contributed by atoms with Crippen molar-refractivity contribution >= 4 is 30.9 Å². The summed E-state index contributed by atoms with van der Waals surface area (Å²) >= 11 is 0. The number of hydrogen-bond donors (Lipinski definition) is 1. The molecule has 0 fully saturated rings. The molecule has 0 radical (unpaired) electrons. The van der Waals surface area contributed by atoms with Gasteiger partial charge in [-0.05, 0) is 49.2 Å². The lowest BCUT2D eigenvalue weighted by molar-refractivity contribution is 0.585. The van der Waals surface area contributed by atoms with Gasteiger partial charge in [0.2, 0.25) is 10.0 Å². The van der Waals surface area contributed by atoms with Crippen LogP contribution in [0.2, 0.25) is 0 Å². The zero-order valence-corrected chi connectivity index (χ0v) is 19.7. The van der Waals surface area contributed by atoms with Gasteiger partial charge in [-0.3, -0.25) is 0 Å². The van der Waals surface area contributed by atoms with Gasteiger partial charge in [-0.15, -0.1) is 0 Å². The molecule has 0 aliphatic heterocycles. The third-order valence-corrected chi connectivity index (χ3v) is 8.41. The lowest BCUT2D eigenvalue weighted by Crippen LogP contribution is -2.23. The summed E-state index contributed by atoms with van der Waals surface area (Å²) in [6.45, 7) is 2.03. The van der Waals surface area contributed by atoms with Gasteiger partial charge in [0.15, 0.2) is 0 Å². The molecule has 0 spiro atoms. The van der Waals surface area contributed by atoms with Gasteiger partial charge < -0.3 is 0 Å². The number of hydrogen-bond acceptors (Lipinski definition) is 4. The molecule has 8 heteroatoms. The molecule has 6 nitrogen and oxygen atoms in total. The van der Waals surface area contributed by atoms with Gasteiger partial charge >= 0.3 is 0 Å². The molecule has 0 aliphatic carbocycles. The number of aryl methyl sites for hydroxylation is 1. The Morgan fingerprint density at radius 1 is 0.788 bits per heavy atom. The number of allylic oxidation sites excluding steroid dienone is 1. The Morgan fingerprint density at radius 3 is 2.18 bits per heavy atom. The number of nitrogens with one attached hydrogen (secondary N) is 1. The van der Waals surface area contributed by atoms with Gasteiger partial charge in [0.25, 0.3) is 10.0 Å². The molecule has 0 saturated heterocycles. The normalized spacial score (nSPS) is 12.5. The van der Waals surface area contributed by atoms with Gasteiger partial charge in [0, 0.05) is 18.1 Å². The second-order valence-corrected chi connectivity index (χ2v) is 11.2. The molecule has 4 rings (SSSR count). The van der Waals surface area contributed by atoms with Crippen LogP contribution in [-0.2, 0) is 26.5 Å². The summed E-state index contributed by atoms with van der Waals surface area (Å²) in [5.74, 6) is 0. The predicted octanol–water partition coefficient (Wildman–Crippen LogP) is 4.26. The van der Waals surface area contributed by atoms with Crippen molar-refractivity contribution < 1.29 is 16.8 Å². The van der Waals surface area contributed by atoms with Gasteiger partial charge in [0.1, 0.15) is 0 Å². The summed E-state index contributed by atoms with van der Waals surface area (Å²) in [5, 5.41) is 0.835. The monoisotopic (exact) mass is 480 g/mol. The first-order valence-corrected chi connectivity index (χ1v) is 13.3. The van der Waals surface area contributed by atoms with Crippen molar-refractivity contribution in [1.82, 2.24) is 8.69 Å². The van der Waals surface area contributed by atoms with Gasteiger partial charge in [-0.2, -0.15) is 0 Å². The van der Waals surface area contributed by atoms with Gasteiger partial charge in [0.05, 0.1) is 15.3 Å². The maximum absolute atomic E-state index is 13.2. The molecular formula is C25H24N2O4S2. The van der Waals surface area contributed by atoms with Gasteiger partial charge in [-0.1, -0.05) is 66.2 Å². The SMILES string of the molecule is Cc1ccc(S(=O)(=O)NC/C=C\Cc2cn(S(=O)(=O)c3ccccc3)c3ccccc23)cc1. The maximum Gasteiger partial charge on any atom is 0.268 e. The van der Waals surface area contributed by atoms with Crippen molar-refractivity contribution in [2.24, 2.45) is 0 Å². The Morgan fingerprint density at radius 2 is 1.45 bits per heavy atom. The summed E-state index contributed by atoms with van der Waals surface area (Å²) in [6, 6.07) is 22.3. The molecule has 0 atom stereocenters. The minimum absolute atomic E-state index is 0.136. The van der Waals surface area contributed by atoms with Crippen LogP contribution in [0.4, 0.5) is 0 Å². The molecule has 1 N–H and O–H groups in total. The zero-order valence-electron chi connectivity index (χ0n) is 18.0. The topological polar surface area (TPSA) is 85.2 Å². The largest absolute Gasteiger partial charge is 0.268 e. The minimum atomic E-state index is -3.73. The van der Waals surface area contributed by atoms with Crippen LogP contribution in [0.15, 0.2) is 107 Å². The summed E-state index contributed by atoms with van der Waals surface area (Å²) in [5.41, 5.74) is 2.43. The number of para-hydroxylation sites is 1. The molecule has 33 heavy (non-hydrogen) atoms. The van der Waals surface area contributed by atoms with Crippen molar-refractivity contribution in [2.45, 2.75) is 23.1 Å². The van der Waals surface area contributed by atoms with Crippen molar-refractivity contribution in [1.29, 1.82) is 0 Å². The molecule has 4 aromatic rings. The highest BCUT2D eigenvalue weighted by molar-refractivity contribution is 7.90. The van der Waals surface area contributed by atoms with Crippen LogP contribution in [0.25, 0.3) is 10.9 Å². The fraction of sp³-hybridized carbons (Fsp3) is 0.120. The highest BCUT2D eigenvalue weighted by Crippen LogP contribution is 2.26. The summed E-state index contributed by atoms with van der Waals surface area (Å²) < 4.78 is 55.0. The van der Waals surface area contributed by atoms with E-state index in [1.165, 1.54) is 3.97 Å². The number of rotatable bonds is 8. The van der Waals surface area contributed by atoms with Crippen molar-refractivity contribution in [3.63, 3.8) is 0 Å². The molecule has 1 heterocycles. The van der Waals surface area contributed by atoms with E-state index in [4.69, 9.17) is 0 Å². The number of sulfonamides is 1. The van der Waals surface area contributed by atoms with E-state index in [-0.39, 0.29) is 16.3 Å². The molecule has 0 saturated carbocycles. The fourth-order valence-electron chi connectivity index (χ4n) is 3.54. The number of nitrogens with zero attached hydrogens (tertiary/aromatic N) is 1. The van der Waals surface area contributed by atoms with Crippen LogP contribution >= 0.6 is 0 Å². The average Bonchev–Trinajstić information content (AvgIpc) is 3.19. The first-order valence-electron chi connectivity index (χ1n) is 10.4. The van der Waals surface area contributed by atoms with E-state index in [2.05, 4.69) is 4.72 Å². The van der Waals surface area contributed by atoms with Crippen molar-refractivity contribution in [3.05, 3.63) is 108 Å². The van der Waals surface area contributed by atoms with Crippen LogP contribution in [0.1, 0.15) is 11.1 Å². The highest BCUT2D eigenvalue weighted by atomic mass is 32.2. The molecule has 0 unspecified atom stereocenters. The Balaban J connectivity index is 1.52. The van der Waals surface area contributed by atoms with E-state index >= 15 is 0 Å².